The number of halogens is 2. The van der Waals surface area contributed by atoms with Crippen molar-refractivity contribution in [1.82, 2.24) is 5.32 Å². The Morgan fingerprint density at radius 1 is 1.33 bits per heavy atom. The number of hydrogen-bond donors (Lipinski definition) is 1. The first-order chi connectivity index (χ1) is 11.4. The second-order valence-corrected chi connectivity index (χ2v) is 7.38. The third kappa shape index (κ3) is 4.88. The van der Waals surface area contributed by atoms with Crippen molar-refractivity contribution in [1.29, 1.82) is 0 Å². The first kappa shape index (κ1) is 18.6. The van der Waals surface area contributed by atoms with Crippen LogP contribution < -0.4 is 5.32 Å². The quantitative estimate of drug-likeness (QED) is 0.723. The zero-order valence-corrected chi connectivity index (χ0v) is 15.6. The molecule has 4 nitrogen and oxygen atoms in total. The van der Waals surface area contributed by atoms with Crippen LogP contribution in [-0.4, -0.2) is 17.9 Å². The number of thiophene rings is 1. The minimum Gasteiger partial charge on any atom is -0.459 e. The molecule has 1 aromatic carbocycles. The molecule has 0 fully saturated rings. The molecule has 0 aliphatic heterocycles. The lowest BCUT2D eigenvalue weighted by molar-refractivity contribution is -0.148. The first-order valence-corrected chi connectivity index (χ1v) is 9.00. The van der Waals surface area contributed by atoms with Gasteiger partial charge in [-0.1, -0.05) is 41.9 Å². The van der Waals surface area contributed by atoms with Gasteiger partial charge < -0.3 is 10.1 Å². The third-order valence-corrected chi connectivity index (χ3v) is 4.70. The fourth-order valence-electron chi connectivity index (χ4n) is 2.00. The van der Waals surface area contributed by atoms with E-state index in [1.165, 1.54) is 17.4 Å². The Balaban J connectivity index is 2.00. The summed E-state index contributed by atoms with van der Waals surface area (Å²) in [5, 5.41) is 4.46. The van der Waals surface area contributed by atoms with Crippen molar-refractivity contribution in [2.45, 2.75) is 26.5 Å². The Morgan fingerprint density at radius 3 is 2.67 bits per heavy atom. The fraction of sp³-hybridized carbons (Fsp3) is 0.294. The smallest absolute Gasteiger partial charge is 0.329 e. The molecular formula is C17H17BrFNO3S. The van der Waals surface area contributed by atoms with Crippen molar-refractivity contribution in [3.8, 4) is 0 Å². The second-order valence-electron chi connectivity index (χ2n) is 5.52. The van der Waals surface area contributed by atoms with Gasteiger partial charge in [-0.25, -0.2) is 9.18 Å². The Hall–Kier alpha value is -1.73. The number of carbonyl (C=O) groups is 2. The van der Waals surface area contributed by atoms with Crippen molar-refractivity contribution >= 4 is 39.1 Å². The number of nitrogens with one attached hydrogen (secondary N) is 1. The van der Waals surface area contributed by atoms with Crippen molar-refractivity contribution in [2.75, 3.05) is 0 Å². The molecule has 7 heteroatoms. The van der Waals surface area contributed by atoms with Crippen LogP contribution in [0.3, 0.4) is 0 Å². The minimum atomic E-state index is -0.793. The molecule has 1 aromatic heterocycles. The first-order valence-electron chi connectivity index (χ1n) is 7.33. The maximum atomic E-state index is 13.8. The molecule has 128 valence electrons. The fourth-order valence-corrected chi connectivity index (χ4v) is 2.96. The van der Waals surface area contributed by atoms with E-state index < -0.39 is 17.8 Å². The molecule has 2 aromatic rings. The van der Waals surface area contributed by atoms with Crippen molar-refractivity contribution < 1.29 is 18.7 Å². The van der Waals surface area contributed by atoms with Gasteiger partial charge in [0.05, 0.1) is 4.88 Å². The summed E-state index contributed by atoms with van der Waals surface area (Å²) in [6.07, 6.45) is 0. The van der Waals surface area contributed by atoms with E-state index in [0.717, 1.165) is 0 Å². The van der Waals surface area contributed by atoms with Crippen LogP contribution in [0.1, 0.15) is 29.1 Å². The molecule has 0 aliphatic rings. The molecule has 2 rings (SSSR count). The van der Waals surface area contributed by atoms with Crippen LogP contribution in [0.15, 0.2) is 40.2 Å². The molecule has 0 aliphatic carbocycles. The van der Waals surface area contributed by atoms with Crippen molar-refractivity contribution in [2.24, 2.45) is 5.92 Å². The van der Waals surface area contributed by atoms with E-state index in [4.69, 9.17) is 4.74 Å². The SMILES string of the molecule is CC(C)C(NC(=O)c1cccs1)C(=O)OCc1ccc(Br)cc1F. The van der Waals surface area contributed by atoms with E-state index in [2.05, 4.69) is 21.2 Å². The number of benzene rings is 1. The molecule has 1 amide bonds. The highest BCUT2D eigenvalue weighted by Gasteiger charge is 2.26. The normalized spacial score (nSPS) is 12.0. The Bertz CT molecular complexity index is 719. The molecule has 0 saturated heterocycles. The zero-order valence-electron chi connectivity index (χ0n) is 13.2. The standard InChI is InChI=1S/C17H17BrFNO3S/c1-10(2)15(20-16(21)14-4-3-7-24-14)17(22)23-9-11-5-6-12(18)8-13(11)19/h3-8,10,15H,9H2,1-2H3,(H,20,21). The van der Waals surface area contributed by atoms with Gasteiger partial charge in [0.1, 0.15) is 18.5 Å². The van der Waals surface area contributed by atoms with Gasteiger partial charge in [-0.05, 0) is 29.5 Å². The van der Waals surface area contributed by atoms with Crippen molar-refractivity contribution in [3.05, 3.63) is 56.4 Å². The van der Waals surface area contributed by atoms with E-state index in [1.54, 1.807) is 43.5 Å². The van der Waals surface area contributed by atoms with Gasteiger partial charge in [-0.2, -0.15) is 0 Å². The lowest BCUT2D eigenvalue weighted by atomic mass is 10.0. The van der Waals surface area contributed by atoms with Gasteiger partial charge in [0.15, 0.2) is 0 Å². The lowest BCUT2D eigenvalue weighted by Crippen LogP contribution is -2.45. The van der Waals surface area contributed by atoms with Gasteiger partial charge in [0.25, 0.3) is 5.91 Å². The van der Waals surface area contributed by atoms with Gasteiger partial charge in [0, 0.05) is 10.0 Å². The summed E-state index contributed by atoms with van der Waals surface area (Å²) in [6, 6.07) is 7.17. The average molecular weight is 414 g/mol. The van der Waals surface area contributed by atoms with E-state index in [9.17, 15) is 14.0 Å². The predicted octanol–water partition coefficient (Wildman–Crippen LogP) is 4.15. The monoisotopic (exact) mass is 413 g/mol. The highest BCUT2D eigenvalue weighted by molar-refractivity contribution is 9.10. The third-order valence-electron chi connectivity index (χ3n) is 3.34. The molecule has 1 atom stereocenters. The maximum absolute atomic E-state index is 13.8. The largest absolute Gasteiger partial charge is 0.459 e. The van der Waals surface area contributed by atoms with E-state index >= 15 is 0 Å². The van der Waals surface area contributed by atoms with Crippen LogP contribution in [0.25, 0.3) is 0 Å². The summed E-state index contributed by atoms with van der Waals surface area (Å²) >= 11 is 4.46. The number of ether oxygens (including phenoxy) is 1. The van der Waals surface area contributed by atoms with E-state index in [0.29, 0.717) is 9.35 Å². The van der Waals surface area contributed by atoms with Crippen LogP contribution in [0, 0.1) is 11.7 Å². The van der Waals surface area contributed by atoms with Crippen LogP contribution in [0.4, 0.5) is 4.39 Å². The molecule has 1 unspecified atom stereocenters. The number of hydrogen-bond acceptors (Lipinski definition) is 4. The van der Waals surface area contributed by atoms with Gasteiger partial charge in [-0.3, -0.25) is 4.79 Å². The predicted molar refractivity (Wildman–Crippen MR) is 94.3 cm³/mol. The van der Waals surface area contributed by atoms with E-state index in [-0.39, 0.29) is 24.0 Å². The lowest BCUT2D eigenvalue weighted by Gasteiger charge is -2.20. The Kier molecular flexibility index (Phi) is 6.51. The molecular weight excluding hydrogens is 397 g/mol. The summed E-state index contributed by atoms with van der Waals surface area (Å²) < 4.78 is 19.6. The Morgan fingerprint density at radius 2 is 2.08 bits per heavy atom. The summed E-state index contributed by atoms with van der Waals surface area (Å²) in [5.74, 6) is -1.52. The van der Waals surface area contributed by atoms with E-state index in [1.807, 2.05) is 0 Å². The summed E-state index contributed by atoms with van der Waals surface area (Å²) in [4.78, 5) is 24.9. The van der Waals surface area contributed by atoms with Crippen LogP contribution in [0.5, 0.6) is 0 Å². The van der Waals surface area contributed by atoms with Crippen LogP contribution >= 0.6 is 27.3 Å². The second kappa shape index (κ2) is 8.39. The molecule has 1 heterocycles. The molecule has 0 saturated carbocycles. The molecule has 24 heavy (non-hydrogen) atoms. The number of esters is 1. The molecule has 0 bridgehead atoms. The van der Waals surface area contributed by atoms with Gasteiger partial charge in [0.2, 0.25) is 0 Å². The molecule has 0 radical (unpaired) electrons. The highest BCUT2D eigenvalue weighted by Crippen LogP contribution is 2.17. The van der Waals surface area contributed by atoms with Gasteiger partial charge in [-0.15, -0.1) is 11.3 Å². The number of amides is 1. The summed E-state index contributed by atoms with van der Waals surface area (Å²) in [7, 11) is 0. The van der Waals surface area contributed by atoms with Crippen LogP contribution in [0.2, 0.25) is 0 Å². The maximum Gasteiger partial charge on any atom is 0.329 e. The number of carbonyl (C=O) groups excluding carboxylic acids is 2. The topological polar surface area (TPSA) is 55.4 Å². The summed E-state index contributed by atoms with van der Waals surface area (Å²) in [5.41, 5.74) is 0.277. The number of rotatable bonds is 6. The molecule has 1 N–H and O–H groups in total. The molecule has 0 spiro atoms. The summed E-state index contributed by atoms with van der Waals surface area (Å²) in [6.45, 7) is 3.43. The van der Waals surface area contributed by atoms with Gasteiger partial charge >= 0.3 is 5.97 Å². The minimum absolute atomic E-state index is 0.156. The average Bonchev–Trinajstić information content (AvgIpc) is 3.05. The Labute approximate surface area is 152 Å². The van der Waals surface area contributed by atoms with Crippen LogP contribution in [-0.2, 0) is 16.1 Å². The zero-order chi connectivity index (χ0) is 17.7. The van der Waals surface area contributed by atoms with Crippen molar-refractivity contribution in [3.63, 3.8) is 0 Å². The highest BCUT2D eigenvalue weighted by atomic mass is 79.9.